The van der Waals surface area contributed by atoms with Gasteiger partial charge in [0.1, 0.15) is 6.33 Å². The fourth-order valence-electron chi connectivity index (χ4n) is 3.06. The highest BCUT2D eigenvalue weighted by Crippen LogP contribution is 2.35. The third kappa shape index (κ3) is 4.25. The molecule has 1 aliphatic heterocycles. The van der Waals surface area contributed by atoms with Gasteiger partial charge in [0.15, 0.2) is 0 Å². The van der Waals surface area contributed by atoms with Crippen LogP contribution in [-0.4, -0.2) is 41.1 Å². The molecule has 1 aromatic carbocycles. The monoisotopic (exact) mass is 391 g/mol. The van der Waals surface area contributed by atoms with E-state index in [1.54, 1.807) is 29.2 Å². The molecule has 0 radical (unpaired) electrons. The molecule has 1 N–H and O–H groups in total. The zero-order chi connectivity index (χ0) is 19.4. The van der Waals surface area contributed by atoms with Gasteiger partial charge in [0.2, 0.25) is 11.6 Å². The van der Waals surface area contributed by atoms with Gasteiger partial charge in [0.05, 0.1) is 18.0 Å². The molecule has 1 fully saturated rings. The van der Waals surface area contributed by atoms with Crippen molar-refractivity contribution in [1.82, 2.24) is 9.97 Å². The average molecular weight is 392 g/mol. The minimum absolute atomic E-state index is 0.0855. The van der Waals surface area contributed by atoms with Gasteiger partial charge >= 0.3 is 11.7 Å². The number of nitrogens with one attached hydrogen (secondary N) is 1. The van der Waals surface area contributed by atoms with Crippen molar-refractivity contribution in [3.05, 3.63) is 45.7 Å². The van der Waals surface area contributed by atoms with Crippen LogP contribution in [0.1, 0.15) is 12.8 Å². The van der Waals surface area contributed by atoms with E-state index in [0.717, 1.165) is 0 Å². The first-order valence-corrected chi connectivity index (χ1v) is 8.72. The lowest BCUT2D eigenvalue weighted by Gasteiger charge is -2.31. The summed E-state index contributed by atoms with van der Waals surface area (Å²) in [6.07, 6.45) is 2.37. The van der Waals surface area contributed by atoms with Crippen molar-refractivity contribution in [1.29, 1.82) is 0 Å². The maximum Gasteiger partial charge on any atom is 0.353 e. The molecule has 2 aromatic rings. The Bertz CT molecular complexity index is 855. The summed E-state index contributed by atoms with van der Waals surface area (Å²) in [6.45, 7) is 0.933. The molecule has 0 amide bonds. The summed E-state index contributed by atoms with van der Waals surface area (Å²) in [5.74, 6) is -0.142. The van der Waals surface area contributed by atoms with Crippen molar-refractivity contribution >= 4 is 40.6 Å². The van der Waals surface area contributed by atoms with Crippen LogP contribution >= 0.6 is 11.6 Å². The predicted molar refractivity (Wildman–Crippen MR) is 100 cm³/mol. The van der Waals surface area contributed by atoms with Crippen LogP contribution in [0.3, 0.4) is 0 Å². The highest BCUT2D eigenvalue weighted by atomic mass is 35.5. The van der Waals surface area contributed by atoms with E-state index in [4.69, 9.17) is 16.3 Å². The van der Waals surface area contributed by atoms with E-state index >= 15 is 0 Å². The number of methoxy groups -OCH3 is 1. The molecule has 0 unspecified atom stereocenters. The SMILES string of the molecule is COC(=O)C1CCN(c2ncnc(Nc3cccc(Cl)c3)c2[N+](=O)[O-])CC1. The molecule has 10 heteroatoms. The zero-order valence-corrected chi connectivity index (χ0v) is 15.3. The quantitative estimate of drug-likeness (QED) is 0.470. The normalized spacial score (nSPS) is 14.7. The first kappa shape index (κ1) is 18.8. The van der Waals surface area contributed by atoms with Crippen molar-refractivity contribution in [2.45, 2.75) is 12.8 Å². The van der Waals surface area contributed by atoms with Crippen molar-refractivity contribution < 1.29 is 14.5 Å². The molecule has 0 atom stereocenters. The number of carbonyl (C=O) groups is 1. The number of piperidine rings is 1. The molecule has 27 heavy (non-hydrogen) atoms. The van der Waals surface area contributed by atoms with E-state index in [-0.39, 0.29) is 29.2 Å². The highest BCUT2D eigenvalue weighted by molar-refractivity contribution is 6.30. The molecular formula is C17H18ClN5O4. The van der Waals surface area contributed by atoms with Crippen molar-refractivity contribution in [2.75, 3.05) is 30.4 Å². The lowest BCUT2D eigenvalue weighted by molar-refractivity contribution is -0.383. The number of esters is 1. The minimum atomic E-state index is -0.505. The van der Waals surface area contributed by atoms with Crippen LogP contribution in [0.4, 0.5) is 23.0 Å². The Morgan fingerprint density at radius 2 is 2.11 bits per heavy atom. The summed E-state index contributed by atoms with van der Waals surface area (Å²) in [5.41, 5.74) is 0.369. The predicted octanol–water partition coefficient (Wildman–Crippen LogP) is 3.17. The molecule has 1 aliphatic rings. The van der Waals surface area contributed by atoms with Crippen LogP contribution in [0.15, 0.2) is 30.6 Å². The number of carbonyl (C=O) groups excluding carboxylic acids is 1. The van der Waals surface area contributed by atoms with E-state index < -0.39 is 4.92 Å². The number of hydrogen-bond acceptors (Lipinski definition) is 8. The van der Waals surface area contributed by atoms with Gasteiger partial charge in [-0.15, -0.1) is 0 Å². The molecule has 0 bridgehead atoms. The number of halogens is 1. The first-order chi connectivity index (χ1) is 13.0. The average Bonchev–Trinajstić information content (AvgIpc) is 2.67. The van der Waals surface area contributed by atoms with Crippen molar-refractivity contribution in [2.24, 2.45) is 5.92 Å². The van der Waals surface area contributed by atoms with Crippen LogP contribution in [-0.2, 0) is 9.53 Å². The second-order valence-corrected chi connectivity index (χ2v) is 6.51. The maximum absolute atomic E-state index is 11.7. The second-order valence-electron chi connectivity index (χ2n) is 6.07. The van der Waals surface area contributed by atoms with E-state index in [1.807, 2.05) is 0 Å². The zero-order valence-electron chi connectivity index (χ0n) is 14.6. The number of nitro groups is 1. The molecule has 2 heterocycles. The number of aromatic nitrogens is 2. The number of nitrogens with zero attached hydrogens (tertiary/aromatic N) is 4. The Labute approximate surface area is 160 Å². The van der Waals surface area contributed by atoms with E-state index in [1.165, 1.54) is 13.4 Å². The topological polar surface area (TPSA) is 110 Å². The van der Waals surface area contributed by atoms with Gasteiger partial charge in [-0.25, -0.2) is 9.97 Å². The molecule has 0 saturated carbocycles. The third-order valence-electron chi connectivity index (χ3n) is 4.40. The third-order valence-corrected chi connectivity index (χ3v) is 4.64. The number of hydrogen-bond donors (Lipinski definition) is 1. The Morgan fingerprint density at radius 1 is 1.37 bits per heavy atom. The van der Waals surface area contributed by atoms with Gasteiger partial charge in [0.25, 0.3) is 0 Å². The second kappa shape index (κ2) is 8.17. The molecule has 0 spiro atoms. The molecule has 9 nitrogen and oxygen atoms in total. The number of anilines is 3. The lowest BCUT2D eigenvalue weighted by Crippen LogP contribution is -2.37. The molecule has 0 aliphatic carbocycles. The maximum atomic E-state index is 11.7. The molecule has 1 saturated heterocycles. The van der Waals surface area contributed by atoms with E-state index in [2.05, 4.69) is 15.3 Å². The Balaban J connectivity index is 1.86. The Kier molecular flexibility index (Phi) is 5.70. The minimum Gasteiger partial charge on any atom is -0.469 e. The van der Waals surface area contributed by atoms with Crippen LogP contribution in [0.25, 0.3) is 0 Å². The molecule has 142 valence electrons. The summed E-state index contributed by atoms with van der Waals surface area (Å²) in [6, 6.07) is 6.82. The van der Waals surface area contributed by atoms with Crippen LogP contribution < -0.4 is 10.2 Å². The largest absolute Gasteiger partial charge is 0.469 e. The first-order valence-electron chi connectivity index (χ1n) is 8.34. The van der Waals surface area contributed by atoms with Gasteiger partial charge in [-0.1, -0.05) is 17.7 Å². The van der Waals surface area contributed by atoms with E-state index in [0.29, 0.717) is 36.6 Å². The highest BCUT2D eigenvalue weighted by Gasteiger charge is 2.32. The van der Waals surface area contributed by atoms with Gasteiger partial charge in [-0.05, 0) is 31.0 Å². The van der Waals surface area contributed by atoms with Crippen molar-refractivity contribution in [3.63, 3.8) is 0 Å². The van der Waals surface area contributed by atoms with Crippen LogP contribution in [0, 0.1) is 16.0 Å². The molecule has 3 rings (SSSR count). The fraction of sp³-hybridized carbons (Fsp3) is 0.353. The standard InChI is InChI=1S/C17H18ClN5O4/c1-27-17(24)11-5-7-22(8-6-11)16-14(23(25)26)15(19-10-20-16)21-13-4-2-3-12(18)9-13/h2-4,9-11H,5-8H2,1H3,(H,19,20,21). The van der Waals surface area contributed by atoms with Gasteiger partial charge in [0, 0.05) is 23.8 Å². The van der Waals surface area contributed by atoms with E-state index in [9.17, 15) is 14.9 Å². The van der Waals surface area contributed by atoms with Gasteiger partial charge in [-0.3, -0.25) is 14.9 Å². The number of benzene rings is 1. The Hall–Kier alpha value is -2.94. The van der Waals surface area contributed by atoms with Gasteiger partial charge in [-0.2, -0.15) is 0 Å². The van der Waals surface area contributed by atoms with Gasteiger partial charge < -0.3 is 15.0 Å². The lowest BCUT2D eigenvalue weighted by atomic mass is 9.97. The smallest absolute Gasteiger partial charge is 0.353 e. The summed E-state index contributed by atoms with van der Waals surface area (Å²) in [7, 11) is 1.36. The number of ether oxygens (including phenoxy) is 1. The summed E-state index contributed by atoms with van der Waals surface area (Å²) < 4.78 is 4.78. The summed E-state index contributed by atoms with van der Waals surface area (Å²) >= 11 is 5.96. The molecular weight excluding hydrogens is 374 g/mol. The van der Waals surface area contributed by atoms with Crippen LogP contribution in [0.2, 0.25) is 5.02 Å². The fourth-order valence-corrected chi connectivity index (χ4v) is 3.25. The molecule has 1 aromatic heterocycles. The number of rotatable bonds is 5. The van der Waals surface area contributed by atoms with Crippen LogP contribution in [0.5, 0.6) is 0 Å². The van der Waals surface area contributed by atoms with Crippen molar-refractivity contribution in [3.8, 4) is 0 Å². The Morgan fingerprint density at radius 3 is 2.74 bits per heavy atom. The summed E-state index contributed by atoms with van der Waals surface area (Å²) in [5, 5.41) is 15.2. The summed E-state index contributed by atoms with van der Waals surface area (Å²) in [4.78, 5) is 32.8.